The molecule has 2 aliphatic carbocycles. The number of aromatic nitrogens is 1. The van der Waals surface area contributed by atoms with Crippen molar-refractivity contribution in [2.45, 2.75) is 110 Å². The van der Waals surface area contributed by atoms with E-state index in [0.29, 0.717) is 116 Å². The number of nitrogens with zero attached hydrogens (tertiary/aromatic N) is 3. The number of hydrazone groups is 1. The Hall–Kier alpha value is -8.07. The highest BCUT2D eigenvalue weighted by atomic mass is 32.1. The molecule has 478 valence electrons. The molecular formula is C69H85N3O16S. The van der Waals surface area contributed by atoms with Gasteiger partial charge in [0.15, 0.2) is 0 Å². The highest BCUT2D eigenvalue weighted by molar-refractivity contribution is 7.22. The first-order chi connectivity index (χ1) is 43.4. The van der Waals surface area contributed by atoms with Crippen LogP contribution in [0.25, 0.3) is 10.2 Å². The largest absolute Gasteiger partial charge is 0.494 e. The molecule has 0 saturated heterocycles. The molecule has 7 rings (SSSR count). The van der Waals surface area contributed by atoms with Crippen molar-refractivity contribution in [1.82, 2.24) is 4.98 Å². The number of fused-ring (bicyclic) bond motifs is 1. The summed E-state index contributed by atoms with van der Waals surface area (Å²) in [7, 11) is 0. The fraction of sp³-hybridized carbons (Fsp3) is 0.464. The zero-order valence-corrected chi connectivity index (χ0v) is 52.0. The Morgan fingerprint density at radius 1 is 0.551 bits per heavy atom. The maximum Gasteiger partial charge on any atom is 0.333 e. The summed E-state index contributed by atoms with van der Waals surface area (Å²) in [6.45, 7) is 15.6. The molecule has 0 amide bonds. The molecule has 4 aromatic carbocycles. The van der Waals surface area contributed by atoms with Crippen molar-refractivity contribution < 1.29 is 76.1 Å². The SMILES string of the molecule is C=CC(=O)OCCCCCCOc1ccc(OC(=O)C2CCC(COc3ccc(OCC4CCC(C(=O)Oc5ccc(OCCCCCCOC(=O)C=C)cc5)CC4)c(/C=N/N(COCCOCCOC(=O)C(=C)C)c4nc5ccccc5s4)c3)CC2)cc1. The van der Waals surface area contributed by atoms with Gasteiger partial charge in [-0.05, 0) is 200 Å². The van der Waals surface area contributed by atoms with E-state index in [2.05, 4.69) is 19.7 Å². The van der Waals surface area contributed by atoms with E-state index in [-0.39, 0.29) is 68.8 Å². The van der Waals surface area contributed by atoms with Crippen molar-refractivity contribution in [3.8, 4) is 34.5 Å². The van der Waals surface area contributed by atoms with Gasteiger partial charge in [0.05, 0.1) is 87.7 Å². The minimum Gasteiger partial charge on any atom is -0.494 e. The number of unbranched alkanes of at least 4 members (excludes halogenated alkanes) is 6. The summed E-state index contributed by atoms with van der Waals surface area (Å²) in [6, 6.07) is 27.8. The molecule has 89 heavy (non-hydrogen) atoms. The van der Waals surface area contributed by atoms with Crippen LogP contribution in [0.3, 0.4) is 0 Å². The Bertz CT molecular complexity index is 3020. The first-order valence-electron chi connectivity index (χ1n) is 30.9. The monoisotopic (exact) mass is 1240 g/mol. The predicted octanol–water partition coefficient (Wildman–Crippen LogP) is 13.2. The number of hydrogen-bond donors (Lipinski definition) is 0. The predicted molar refractivity (Wildman–Crippen MR) is 340 cm³/mol. The highest BCUT2D eigenvalue weighted by Gasteiger charge is 2.30. The van der Waals surface area contributed by atoms with Crippen LogP contribution in [0.15, 0.2) is 134 Å². The number of carbonyl (C=O) groups excluding carboxylic acids is 5. The van der Waals surface area contributed by atoms with Gasteiger partial charge in [-0.3, -0.25) is 9.59 Å². The van der Waals surface area contributed by atoms with Gasteiger partial charge in [-0.25, -0.2) is 24.4 Å². The molecule has 0 N–H and O–H groups in total. The molecular weight excluding hydrogens is 1160 g/mol. The molecule has 0 spiro atoms. The zero-order chi connectivity index (χ0) is 62.8. The van der Waals surface area contributed by atoms with Crippen LogP contribution in [0, 0.1) is 23.7 Å². The van der Waals surface area contributed by atoms with E-state index in [4.69, 9.17) is 62.2 Å². The average Bonchev–Trinajstić information content (AvgIpc) is 4.28. The van der Waals surface area contributed by atoms with E-state index in [9.17, 15) is 24.0 Å². The third-order valence-electron chi connectivity index (χ3n) is 15.1. The van der Waals surface area contributed by atoms with Crippen LogP contribution in [0.2, 0.25) is 0 Å². The first-order valence-corrected chi connectivity index (χ1v) is 31.8. The topological polar surface area (TPSA) is 215 Å². The van der Waals surface area contributed by atoms with Crippen LogP contribution in [0.5, 0.6) is 34.5 Å². The third-order valence-corrected chi connectivity index (χ3v) is 16.1. The molecule has 19 nitrogen and oxygen atoms in total. The quantitative estimate of drug-likeness (QED) is 0.00521. The first kappa shape index (κ1) is 68.4. The van der Waals surface area contributed by atoms with E-state index in [1.54, 1.807) is 54.5 Å². The maximum atomic E-state index is 13.4. The molecule has 0 unspecified atom stereocenters. The summed E-state index contributed by atoms with van der Waals surface area (Å²) in [5.41, 5.74) is 1.83. The van der Waals surface area contributed by atoms with E-state index in [0.717, 1.165) is 93.3 Å². The maximum absolute atomic E-state index is 13.4. The molecule has 2 fully saturated rings. The van der Waals surface area contributed by atoms with Gasteiger partial charge in [-0.2, -0.15) is 5.10 Å². The van der Waals surface area contributed by atoms with Crippen LogP contribution in [-0.2, 0) is 47.7 Å². The summed E-state index contributed by atoms with van der Waals surface area (Å²) in [5.74, 6) is 1.83. The van der Waals surface area contributed by atoms with Crippen LogP contribution >= 0.6 is 11.3 Å². The second-order valence-electron chi connectivity index (χ2n) is 22.0. The second kappa shape index (κ2) is 38.4. The number of ether oxygens (including phenoxy) is 11. The van der Waals surface area contributed by atoms with Crippen LogP contribution in [0.1, 0.15) is 115 Å². The van der Waals surface area contributed by atoms with Gasteiger partial charge in [0, 0.05) is 23.3 Å². The smallest absolute Gasteiger partial charge is 0.333 e. The van der Waals surface area contributed by atoms with Crippen molar-refractivity contribution >= 4 is 62.7 Å². The highest BCUT2D eigenvalue weighted by Crippen LogP contribution is 2.35. The Morgan fingerprint density at radius 2 is 1.04 bits per heavy atom. The number of carbonyl (C=O) groups is 5. The van der Waals surface area contributed by atoms with E-state index >= 15 is 0 Å². The van der Waals surface area contributed by atoms with Gasteiger partial charge in [0.1, 0.15) is 47.8 Å². The number of benzene rings is 4. The summed E-state index contributed by atoms with van der Waals surface area (Å²) in [6.07, 6.45) is 17.0. The number of thiazole rings is 1. The Morgan fingerprint density at radius 3 is 1.58 bits per heavy atom. The standard InChI is InChI=1S/C69H85N3O16S/c1-5-64(73)82-39-15-9-7-13-37-80-56-27-31-58(32-28-56)87-67(76)53-23-19-51(20-24-53)47-85-60-35-36-62(55(45-60)46-70-72(69-71-61-17-11-12-18-63(61)89-69)49-79-42-41-78-43-44-84-66(75)50(3)4)86-48-52-21-25-54(26-22-52)68(77)88-59-33-29-57(30-34-59)81-38-14-8-10-16-40-83-65(74)6-2/h5-6,11-12,17-18,27-36,45-46,51-54H,1-3,7-10,13-16,19-26,37-44,47-49H2,4H3/b70-46+. The van der Waals surface area contributed by atoms with E-state index < -0.39 is 17.9 Å². The molecule has 0 radical (unpaired) electrons. The van der Waals surface area contributed by atoms with Gasteiger partial charge < -0.3 is 52.1 Å². The number of para-hydroxylation sites is 1. The summed E-state index contributed by atoms with van der Waals surface area (Å²) in [4.78, 5) is 65.6. The van der Waals surface area contributed by atoms with E-state index in [1.807, 2.05) is 54.6 Å². The lowest BCUT2D eigenvalue weighted by Crippen LogP contribution is -2.28. The number of hydrogen-bond acceptors (Lipinski definition) is 20. The molecule has 1 heterocycles. The van der Waals surface area contributed by atoms with E-state index in [1.165, 1.54) is 17.4 Å². The molecule has 0 atom stereocenters. The van der Waals surface area contributed by atoms with Gasteiger partial charge in [-0.15, -0.1) is 0 Å². The average molecular weight is 1240 g/mol. The second-order valence-corrected chi connectivity index (χ2v) is 23.0. The molecule has 2 saturated carbocycles. The van der Waals surface area contributed by atoms with Gasteiger partial charge >= 0.3 is 29.8 Å². The Balaban J connectivity index is 0.905. The van der Waals surface area contributed by atoms with Gasteiger partial charge in [-0.1, -0.05) is 43.2 Å². The minimum absolute atomic E-state index is 0.0585. The zero-order valence-electron chi connectivity index (χ0n) is 51.2. The lowest BCUT2D eigenvalue weighted by molar-refractivity contribution is -0.141. The van der Waals surface area contributed by atoms with Gasteiger partial charge in [0.25, 0.3) is 0 Å². The Kier molecular flexibility index (Phi) is 29.5. The summed E-state index contributed by atoms with van der Waals surface area (Å²) in [5, 5.41) is 7.25. The lowest BCUT2D eigenvalue weighted by Gasteiger charge is -2.28. The molecule has 5 aromatic rings. The summed E-state index contributed by atoms with van der Waals surface area (Å²) < 4.78 is 64.3. The fourth-order valence-corrected chi connectivity index (χ4v) is 10.8. The molecule has 20 heteroatoms. The minimum atomic E-state index is -0.467. The van der Waals surface area contributed by atoms with Gasteiger partial charge in [0.2, 0.25) is 5.13 Å². The molecule has 1 aromatic heterocycles. The molecule has 0 aliphatic heterocycles. The van der Waals surface area contributed by atoms with Crippen LogP contribution in [0.4, 0.5) is 5.13 Å². The molecule has 2 aliphatic rings. The Labute approximate surface area is 526 Å². The number of anilines is 1. The van der Waals surface area contributed by atoms with Crippen LogP contribution in [-0.4, -0.2) is 114 Å². The van der Waals surface area contributed by atoms with Crippen molar-refractivity contribution in [3.63, 3.8) is 0 Å². The molecule has 0 bridgehead atoms. The summed E-state index contributed by atoms with van der Waals surface area (Å²) >= 11 is 1.48. The lowest BCUT2D eigenvalue weighted by atomic mass is 9.82. The fourth-order valence-electron chi connectivity index (χ4n) is 9.89. The number of esters is 5. The van der Waals surface area contributed by atoms with Crippen LogP contribution < -0.4 is 33.4 Å². The van der Waals surface area contributed by atoms with Crippen molar-refractivity contribution in [3.05, 3.63) is 134 Å². The third kappa shape index (κ3) is 24.8. The van der Waals surface area contributed by atoms with Crippen molar-refractivity contribution in [1.29, 1.82) is 0 Å². The van der Waals surface area contributed by atoms with Crippen molar-refractivity contribution in [2.75, 3.05) is 77.8 Å². The number of rotatable bonds is 40. The van der Waals surface area contributed by atoms with Crippen molar-refractivity contribution in [2.24, 2.45) is 28.8 Å². The normalized spacial score (nSPS) is 16.4.